The molecule has 20 heavy (non-hydrogen) atoms. The van der Waals surface area contributed by atoms with Crippen LogP contribution in [0.25, 0.3) is 0 Å². The van der Waals surface area contributed by atoms with Gasteiger partial charge in [0.25, 0.3) is 0 Å². The predicted octanol–water partition coefficient (Wildman–Crippen LogP) is 1.79. The number of anilines is 1. The molecule has 2 heterocycles. The number of amides is 1. The number of carbonyl (C=O) groups is 1. The summed E-state index contributed by atoms with van der Waals surface area (Å²) in [5, 5.41) is 16.8. The molecule has 104 valence electrons. The number of nitrogens with one attached hydrogen (secondary N) is 1. The zero-order valence-corrected chi connectivity index (χ0v) is 11.4. The number of nitrogens with zero attached hydrogens (tertiary/aromatic N) is 3. The predicted molar refractivity (Wildman–Crippen MR) is 73.6 cm³/mol. The number of aryl methyl sites for hydroxylation is 2. The van der Waals surface area contributed by atoms with E-state index in [0.717, 1.165) is 17.0 Å². The molecule has 0 fully saturated rings. The fraction of sp³-hybridized carbons (Fsp3) is 0.357. The Labute approximate surface area is 116 Å². The summed E-state index contributed by atoms with van der Waals surface area (Å²) in [6, 6.07) is 3.50. The number of rotatable bonds is 2. The molecule has 0 saturated carbocycles. The van der Waals surface area contributed by atoms with Crippen LogP contribution in [0.4, 0.5) is 5.69 Å². The second-order valence-corrected chi connectivity index (χ2v) is 4.96. The van der Waals surface area contributed by atoms with E-state index in [4.69, 9.17) is 0 Å². The fourth-order valence-electron chi connectivity index (χ4n) is 2.63. The lowest BCUT2D eigenvalue weighted by Gasteiger charge is -2.26. The van der Waals surface area contributed by atoms with Crippen molar-refractivity contribution in [1.29, 1.82) is 0 Å². The molecular weight excluding hydrogens is 256 g/mol. The summed E-state index contributed by atoms with van der Waals surface area (Å²) in [5.74, 6) is 0.771. The maximum atomic E-state index is 11.9. The van der Waals surface area contributed by atoms with E-state index in [1.165, 1.54) is 6.33 Å². The lowest BCUT2D eigenvalue weighted by molar-refractivity contribution is -0.116. The van der Waals surface area contributed by atoms with Crippen LogP contribution in [-0.2, 0) is 11.3 Å². The van der Waals surface area contributed by atoms with Gasteiger partial charge in [-0.3, -0.25) is 4.79 Å². The summed E-state index contributed by atoms with van der Waals surface area (Å²) in [4.78, 5) is 16.2. The normalized spacial score (nSPS) is 17.7. The maximum Gasteiger partial charge on any atom is 0.225 e. The number of fused-ring (bicyclic) bond motifs is 1. The molecule has 6 nitrogen and oxygen atoms in total. The third kappa shape index (κ3) is 1.93. The van der Waals surface area contributed by atoms with E-state index in [9.17, 15) is 9.90 Å². The number of phenolic OH excluding ortho intramolecular Hbond substituents is 1. The second-order valence-electron chi connectivity index (χ2n) is 4.96. The van der Waals surface area contributed by atoms with Crippen molar-refractivity contribution in [2.75, 3.05) is 5.32 Å². The van der Waals surface area contributed by atoms with Crippen LogP contribution in [0.3, 0.4) is 0 Å². The Bertz CT molecular complexity index is 678. The van der Waals surface area contributed by atoms with Crippen molar-refractivity contribution in [3.63, 3.8) is 0 Å². The molecule has 1 aliphatic heterocycles. The first-order chi connectivity index (χ1) is 9.60. The molecule has 1 aliphatic rings. The van der Waals surface area contributed by atoms with Crippen molar-refractivity contribution >= 4 is 11.6 Å². The van der Waals surface area contributed by atoms with Gasteiger partial charge >= 0.3 is 0 Å². The van der Waals surface area contributed by atoms with Gasteiger partial charge in [-0.05, 0) is 31.0 Å². The van der Waals surface area contributed by atoms with E-state index in [2.05, 4.69) is 15.4 Å². The van der Waals surface area contributed by atoms with Crippen LogP contribution in [0.2, 0.25) is 0 Å². The maximum absolute atomic E-state index is 11.9. The molecule has 3 rings (SSSR count). The molecule has 0 bridgehead atoms. The number of carbonyl (C=O) groups excluding carboxylic acids is 1. The first-order valence-electron chi connectivity index (χ1n) is 6.61. The van der Waals surface area contributed by atoms with Crippen LogP contribution < -0.4 is 5.32 Å². The molecule has 2 N–H and O–H groups in total. The number of aromatic hydroxyl groups is 1. The van der Waals surface area contributed by atoms with Gasteiger partial charge in [0.1, 0.15) is 17.9 Å². The first kappa shape index (κ1) is 12.7. The number of benzene rings is 1. The van der Waals surface area contributed by atoms with Crippen molar-refractivity contribution in [1.82, 2.24) is 14.8 Å². The summed E-state index contributed by atoms with van der Waals surface area (Å²) in [7, 11) is 0. The molecular formula is C14H16N4O2. The standard InChI is InChI=1S/C14H16N4O2/c1-3-18-14(15-7-16-18)10-5-13(20)17-11-6-12(19)8(2)4-9(10)11/h4,6-7,10,19H,3,5H2,1-2H3,(H,17,20)/t10-/m1/s1. The molecule has 0 unspecified atom stereocenters. The van der Waals surface area contributed by atoms with Gasteiger partial charge in [-0.15, -0.1) is 0 Å². The van der Waals surface area contributed by atoms with Gasteiger partial charge in [0, 0.05) is 24.7 Å². The van der Waals surface area contributed by atoms with Crippen molar-refractivity contribution in [3.8, 4) is 5.75 Å². The van der Waals surface area contributed by atoms with Crippen molar-refractivity contribution in [2.45, 2.75) is 32.7 Å². The zero-order chi connectivity index (χ0) is 14.3. The van der Waals surface area contributed by atoms with Crippen LogP contribution in [0.15, 0.2) is 18.5 Å². The van der Waals surface area contributed by atoms with Gasteiger partial charge in [-0.2, -0.15) is 5.10 Å². The van der Waals surface area contributed by atoms with Crippen LogP contribution in [-0.4, -0.2) is 25.8 Å². The highest BCUT2D eigenvalue weighted by Gasteiger charge is 2.30. The van der Waals surface area contributed by atoms with E-state index in [1.54, 1.807) is 10.7 Å². The highest BCUT2D eigenvalue weighted by molar-refractivity contribution is 5.95. The van der Waals surface area contributed by atoms with Crippen molar-refractivity contribution in [2.24, 2.45) is 0 Å². The molecule has 6 heteroatoms. The Kier molecular flexibility index (Phi) is 2.93. The van der Waals surface area contributed by atoms with E-state index >= 15 is 0 Å². The highest BCUT2D eigenvalue weighted by atomic mass is 16.3. The molecule has 1 aromatic carbocycles. The Morgan fingerprint density at radius 3 is 3.05 bits per heavy atom. The largest absolute Gasteiger partial charge is 0.508 e. The van der Waals surface area contributed by atoms with Gasteiger partial charge in [0.15, 0.2) is 0 Å². The highest BCUT2D eigenvalue weighted by Crippen LogP contribution is 2.39. The molecule has 1 aromatic heterocycles. The van der Waals surface area contributed by atoms with Gasteiger partial charge in [-0.1, -0.05) is 0 Å². The molecule has 2 aromatic rings. The molecule has 1 atom stereocenters. The van der Waals surface area contributed by atoms with E-state index in [-0.39, 0.29) is 17.6 Å². The SMILES string of the molecule is CCn1ncnc1[C@@H]1CC(=O)Nc2cc(O)c(C)cc21. The average molecular weight is 272 g/mol. The van der Waals surface area contributed by atoms with Crippen molar-refractivity contribution < 1.29 is 9.90 Å². The second kappa shape index (κ2) is 4.63. The monoisotopic (exact) mass is 272 g/mol. The molecule has 1 amide bonds. The quantitative estimate of drug-likeness (QED) is 0.873. The van der Waals surface area contributed by atoms with E-state index in [1.807, 2.05) is 19.9 Å². The number of aromatic nitrogens is 3. The topological polar surface area (TPSA) is 80.0 Å². The molecule has 0 spiro atoms. The first-order valence-corrected chi connectivity index (χ1v) is 6.61. The minimum absolute atomic E-state index is 0.0728. The summed E-state index contributed by atoms with van der Waals surface area (Å²) in [6.45, 7) is 4.54. The minimum Gasteiger partial charge on any atom is -0.508 e. The van der Waals surface area contributed by atoms with Crippen LogP contribution in [0, 0.1) is 6.92 Å². The Morgan fingerprint density at radius 1 is 1.50 bits per heavy atom. The van der Waals surface area contributed by atoms with Gasteiger partial charge in [-0.25, -0.2) is 9.67 Å². The van der Waals surface area contributed by atoms with E-state index in [0.29, 0.717) is 18.7 Å². The van der Waals surface area contributed by atoms with Gasteiger partial charge in [0.05, 0.1) is 5.92 Å². The lowest BCUT2D eigenvalue weighted by atomic mass is 9.88. The van der Waals surface area contributed by atoms with E-state index < -0.39 is 0 Å². The molecule has 0 aliphatic carbocycles. The Hall–Kier alpha value is -2.37. The van der Waals surface area contributed by atoms with Gasteiger partial charge in [0.2, 0.25) is 5.91 Å². The third-order valence-corrected chi connectivity index (χ3v) is 3.66. The molecule has 0 radical (unpaired) electrons. The van der Waals surface area contributed by atoms with Crippen molar-refractivity contribution in [3.05, 3.63) is 35.4 Å². The summed E-state index contributed by atoms with van der Waals surface area (Å²) < 4.78 is 1.80. The Balaban J connectivity index is 2.15. The summed E-state index contributed by atoms with van der Waals surface area (Å²) >= 11 is 0. The number of hydrogen-bond donors (Lipinski definition) is 2. The summed E-state index contributed by atoms with van der Waals surface area (Å²) in [6.07, 6.45) is 1.86. The minimum atomic E-state index is -0.125. The summed E-state index contributed by atoms with van der Waals surface area (Å²) in [5.41, 5.74) is 2.41. The number of phenols is 1. The number of hydrogen-bond acceptors (Lipinski definition) is 4. The zero-order valence-electron chi connectivity index (χ0n) is 11.4. The Morgan fingerprint density at radius 2 is 2.30 bits per heavy atom. The average Bonchev–Trinajstić information content (AvgIpc) is 2.88. The van der Waals surface area contributed by atoms with Gasteiger partial charge < -0.3 is 10.4 Å². The molecule has 0 saturated heterocycles. The third-order valence-electron chi connectivity index (χ3n) is 3.66. The lowest BCUT2D eigenvalue weighted by Crippen LogP contribution is -2.25. The smallest absolute Gasteiger partial charge is 0.225 e. The van der Waals surface area contributed by atoms with Crippen LogP contribution in [0.5, 0.6) is 5.75 Å². The van der Waals surface area contributed by atoms with Crippen LogP contribution in [0.1, 0.15) is 36.2 Å². The van der Waals surface area contributed by atoms with Crippen LogP contribution >= 0.6 is 0 Å². The fourth-order valence-corrected chi connectivity index (χ4v) is 2.63.